The Bertz CT molecular complexity index is 359. The molecule has 1 aliphatic carbocycles. The largest absolute Gasteiger partial charge is 0.317 e. The molecule has 1 aliphatic heterocycles. The third kappa shape index (κ3) is 3.42. The van der Waals surface area contributed by atoms with Gasteiger partial charge in [0, 0.05) is 6.04 Å². The Kier molecular flexibility index (Phi) is 3.80. The molecule has 0 radical (unpaired) electrons. The Morgan fingerprint density at radius 2 is 1.82 bits per heavy atom. The number of piperidine rings is 1. The summed E-state index contributed by atoms with van der Waals surface area (Å²) in [5.74, 6) is 0. The maximum Gasteiger partial charge on any atom is 0.214 e. The molecule has 0 aromatic rings. The molecule has 100 valence electrons. The summed E-state index contributed by atoms with van der Waals surface area (Å²) in [6, 6.07) is 0.157. The van der Waals surface area contributed by atoms with E-state index in [4.69, 9.17) is 0 Å². The van der Waals surface area contributed by atoms with Crippen LogP contribution in [-0.2, 0) is 10.0 Å². The maximum absolute atomic E-state index is 12.2. The van der Waals surface area contributed by atoms with E-state index in [1.54, 1.807) is 0 Å². The van der Waals surface area contributed by atoms with Crippen molar-refractivity contribution in [1.29, 1.82) is 0 Å². The smallest absolute Gasteiger partial charge is 0.214 e. The zero-order valence-electron chi connectivity index (χ0n) is 10.8. The van der Waals surface area contributed by atoms with Crippen LogP contribution in [0.25, 0.3) is 0 Å². The van der Waals surface area contributed by atoms with Crippen molar-refractivity contribution in [2.75, 3.05) is 13.1 Å². The fourth-order valence-corrected chi connectivity index (χ4v) is 4.69. The van der Waals surface area contributed by atoms with Crippen LogP contribution in [0.3, 0.4) is 0 Å². The van der Waals surface area contributed by atoms with Gasteiger partial charge in [-0.15, -0.1) is 0 Å². The van der Waals surface area contributed by atoms with Crippen LogP contribution < -0.4 is 10.0 Å². The Hall–Kier alpha value is -0.130. The molecule has 2 rings (SSSR count). The summed E-state index contributed by atoms with van der Waals surface area (Å²) in [5.41, 5.74) is 0.293. The molecule has 2 N–H and O–H groups in total. The topological polar surface area (TPSA) is 58.2 Å². The first-order valence-corrected chi connectivity index (χ1v) is 8.16. The van der Waals surface area contributed by atoms with Crippen LogP contribution in [0.15, 0.2) is 0 Å². The van der Waals surface area contributed by atoms with Gasteiger partial charge in [0.25, 0.3) is 0 Å². The molecule has 2 aliphatic rings. The lowest BCUT2D eigenvalue weighted by Crippen LogP contribution is -2.44. The average molecular weight is 260 g/mol. The van der Waals surface area contributed by atoms with Crippen molar-refractivity contribution < 1.29 is 8.42 Å². The average Bonchev–Trinajstić information content (AvgIpc) is 2.58. The van der Waals surface area contributed by atoms with E-state index in [0.29, 0.717) is 5.41 Å². The fraction of sp³-hybridized carbons (Fsp3) is 1.00. The van der Waals surface area contributed by atoms with Gasteiger partial charge in [0.2, 0.25) is 10.0 Å². The predicted octanol–water partition coefficient (Wildman–Crippen LogP) is 1.24. The minimum atomic E-state index is -3.11. The van der Waals surface area contributed by atoms with E-state index in [2.05, 4.69) is 23.9 Å². The van der Waals surface area contributed by atoms with Gasteiger partial charge in [0.1, 0.15) is 0 Å². The molecule has 5 heteroatoms. The van der Waals surface area contributed by atoms with Crippen molar-refractivity contribution in [3.63, 3.8) is 0 Å². The molecule has 0 bridgehead atoms. The number of hydrogen-bond acceptors (Lipinski definition) is 3. The van der Waals surface area contributed by atoms with E-state index in [9.17, 15) is 8.42 Å². The highest BCUT2D eigenvalue weighted by Crippen LogP contribution is 2.37. The molecule has 0 spiro atoms. The van der Waals surface area contributed by atoms with Crippen molar-refractivity contribution in [2.45, 2.75) is 57.2 Å². The van der Waals surface area contributed by atoms with Crippen LogP contribution in [0.2, 0.25) is 0 Å². The number of rotatable bonds is 3. The number of nitrogens with one attached hydrogen (secondary N) is 2. The third-order valence-corrected chi connectivity index (χ3v) is 6.04. The lowest BCUT2D eigenvalue weighted by molar-refractivity contribution is 0.372. The van der Waals surface area contributed by atoms with E-state index in [0.717, 1.165) is 45.2 Å². The highest BCUT2D eigenvalue weighted by molar-refractivity contribution is 7.90. The second-order valence-corrected chi connectivity index (χ2v) is 8.21. The van der Waals surface area contributed by atoms with Crippen LogP contribution in [0.4, 0.5) is 0 Å². The Labute approximate surface area is 105 Å². The van der Waals surface area contributed by atoms with Crippen molar-refractivity contribution in [3.8, 4) is 0 Å². The first-order valence-electron chi connectivity index (χ1n) is 6.61. The molecule has 0 amide bonds. The molecule has 1 saturated heterocycles. The van der Waals surface area contributed by atoms with Gasteiger partial charge in [0.05, 0.1) is 5.25 Å². The first-order chi connectivity index (χ1) is 7.89. The Balaban J connectivity index is 1.93. The molecular formula is C12H24N2O2S. The minimum Gasteiger partial charge on any atom is -0.317 e. The first kappa shape index (κ1) is 13.3. The highest BCUT2D eigenvalue weighted by atomic mass is 32.2. The van der Waals surface area contributed by atoms with Crippen molar-refractivity contribution in [2.24, 2.45) is 5.41 Å². The summed E-state index contributed by atoms with van der Waals surface area (Å²) < 4.78 is 27.4. The lowest BCUT2D eigenvalue weighted by Gasteiger charge is -2.25. The molecular weight excluding hydrogens is 236 g/mol. The van der Waals surface area contributed by atoms with Crippen molar-refractivity contribution in [3.05, 3.63) is 0 Å². The Morgan fingerprint density at radius 1 is 1.18 bits per heavy atom. The number of sulfonamides is 1. The highest BCUT2D eigenvalue weighted by Gasteiger charge is 2.35. The standard InChI is InChI=1S/C12H24N2O2S/c1-12(2)6-3-10(9-12)14-17(15,16)11-4-7-13-8-5-11/h10-11,13-14H,3-9H2,1-2H3. The quantitative estimate of drug-likeness (QED) is 0.802. The summed E-state index contributed by atoms with van der Waals surface area (Å²) in [6.07, 6.45) is 4.55. The van der Waals surface area contributed by atoms with E-state index < -0.39 is 10.0 Å². The normalized spacial score (nSPS) is 30.6. The maximum atomic E-state index is 12.2. The van der Waals surface area contributed by atoms with Crippen molar-refractivity contribution >= 4 is 10.0 Å². The summed E-state index contributed by atoms with van der Waals surface area (Å²) in [6.45, 7) is 6.07. The second kappa shape index (κ2) is 4.86. The van der Waals surface area contributed by atoms with Crippen molar-refractivity contribution in [1.82, 2.24) is 10.0 Å². The van der Waals surface area contributed by atoms with Gasteiger partial charge in [-0.05, 0) is 50.6 Å². The van der Waals surface area contributed by atoms with Crippen LogP contribution in [0.5, 0.6) is 0 Å². The minimum absolute atomic E-state index is 0.157. The second-order valence-electron chi connectivity index (χ2n) is 6.22. The molecule has 1 heterocycles. The summed E-state index contributed by atoms with van der Waals surface area (Å²) >= 11 is 0. The predicted molar refractivity (Wildman–Crippen MR) is 69.4 cm³/mol. The summed E-state index contributed by atoms with van der Waals surface area (Å²) in [4.78, 5) is 0. The van der Waals surface area contributed by atoms with Crippen LogP contribution >= 0.6 is 0 Å². The van der Waals surface area contributed by atoms with Gasteiger partial charge in [0.15, 0.2) is 0 Å². The molecule has 1 unspecified atom stereocenters. The molecule has 0 aromatic carbocycles. The van der Waals surface area contributed by atoms with E-state index in [-0.39, 0.29) is 11.3 Å². The summed E-state index contributed by atoms with van der Waals surface area (Å²) in [5, 5.41) is 3.01. The number of hydrogen-bond donors (Lipinski definition) is 2. The monoisotopic (exact) mass is 260 g/mol. The molecule has 4 nitrogen and oxygen atoms in total. The van der Waals surface area contributed by atoms with E-state index in [1.165, 1.54) is 0 Å². The van der Waals surface area contributed by atoms with Gasteiger partial charge in [-0.25, -0.2) is 13.1 Å². The zero-order valence-corrected chi connectivity index (χ0v) is 11.6. The van der Waals surface area contributed by atoms with Crippen LogP contribution in [0.1, 0.15) is 46.0 Å². The van der Waals surface area contributed by atoms with Gasteiger partial charge < -0.3 is 5.32 Å². The molecule has 0 aromatic heterocycles. The third-order valence-electron chi connectivity index (χ3n) is 4.02. The molecule has 2 fully saturated rings. The van der Waals surface area contributed by atoms with Crippen LogP contribution in [-0.4, -0.2) is 32.8 Å². The van der Waals surface area contributed by atoms with Gasteiger partial charge in [-0.2, -0.15) is 0 Å². The fourth-order valence-electron chi connectivity index (χ4n) is 2.97. The molecule has 1 atom stereocenters. The van der Waals surface area contributed by atoms with Gasteiger partial charge in [-0.3, -0.25) is 0 Å². The zero-order chi connectivity index (χ0) is 12.5. The Morgan fingerprint density at radius 3 is 2.35 bits per heavy atom. The van der Waals surface area contributed by atoms with Gasteiger partial charge in [-0.1, -0.05) is 13.8 Å². The lowest BCUT2D eigenvalue weighted by atomic mass is 9.92. The SMILES string of the molecule is CC1(C)CCC(NS(=O)(=O)C2CCNCC2)C1. The summed E-state index contributed by atoms with van der Waals surface area (Å²) in [7, 11) is -3.11. The van der Waals surface area contributed by atoms with E-state index >= 15 is 0 Å². The molecule has 17 heavy (non-hydrogen) atoms. The van der Waals surface area contributed by atoms with Crippen LogP contribution in [0, 0.1) is 5.41 Å². The molecule has 1 saturated carbocycles. The van der Waals surface area contributed by atoms with E-state index in [1.807, 2.05) is 0 Å². The van der Waals surface area contributed by atoms with Gasteiger partial charge >= 0.3 is 0 Å².